The van der Waals surface area contributed by atoms with Crippen molar-refractivity contribution >= 4 is 10.8 Å². The van der Waals surface area contributed by atoms with Gasteiger partial charge in [-0.1, -0.05) is 13.3 Å². The van der Waals surface area contributed by atoms with Crippen LogP contribution in [0.3, 0.4) is 0 Å². The summed E-state index contributed by atoms with van der Waals surface area (Å²) in [6.45, 7) is 3.25. The van der Waals surface area contributed by atoms with Crippen molar-refractivity contribution in [3.05, 3.63) is 0 Å². The van der Waals surface area contributed by atoms with Gasteiger partial charge in [-0.05, 0) is 25.3 Å². The fraction of sp³-hybridized carbons (Fsp3) is 1.00. The van der Waals surface area contributed by atoms with Crippen LogP contribution in [-0.2, 0) is 10.8 Å². The second kappa shape index (κ2) is 3.46. The molecule has 0 aromatic carbocycles. The molecule has 1 aliphatic heterocycles. The van der Waals surface area contributed by atoms with Gasteiger partial charge in [0.2, 0.25) is 0 Å². The molecule has 2 nitrogen and oxygen atoms in total. The summed E-state index contributed by atoms with van der Waals surface area (Å²) in [6.07, 6.45) is 3.68. The summed E-state index contributed by atoms with van der Waals surface area (Å²) in [4.78, 5) is 0. The van der Waals surface area contributed by atoms with E-state index in [0.29, 0.717) is 17.2 Å². The van der Waals surface area contributed by atoms with Gasteiger partial charge in [0, 0.05) is 22.6 Å². The lowest BCUT2D eigenvalue weighted by Gasteiger charge is -2.15. The van der Waals surface area contributed by atoms with Gasteiger partial charge in [0.15, 0.2) is 0 Å². The Kier molecular flexibility index (Phi) is 2.51. The number of hydrogen-bond acceptors (Lipinski definition) is 2. The molecule has 0 bridgehead atoms. The summed E-state index contributed by atoms with van der Waals surface area (Å²) in [5, 5.41) is 4.00. The highest BCUT2D eigenvalue weighted by Crippen LogP contribution is 2.26. The highest BCUT2D eigenvalue weighted by atomic mass is 32.2. The first-order chi connectivity index (χ1) is 5.77. The number of nitrogens with one attached hydrogen (secondary N) is 1. The smallest absolute Gasteiger partial charge is 0.0501 e. The van der Waals surface area contributed by atoms with Crippen molar-refractivity contribution in [2.75, 3.05) is 12.3 Å². The lowest BCUT2D eigenvalue weighted by Crippen LogP contribution is -2.36. The van der Waals surface area contributed by atoms with Crippen molar-refractivity contribution in [1.29, 1.82) is 0 Å². The third-order valence-electron chi connectivity index (χ3n) is 2.97. The number of fused-ring (bicyclic) bond motifs is 1. The van der Waals surface area contributed by atoms with E-state index >= 15 is 0 Å². The van der Waals surface area contributed by atoms with E-state index in [4.69, 9.17) is 0 Å². The van der Waals surface area contributed by atoms with Crippen molar-refractivity contribution in [2.24, 2.45) is 5.92 Å². The molecule has 2 aliphatic rings. The summed E-state index contributed by atoms with van der Waals surface area (Å²) in [7, 11) is -0.556. The van der Waals surface area contributed by atoms with E-state index < -0.39 is 10.8 Å². The molecule has 12 heavy (non-hydrogen) atoms. The molecule has 4 atom stereocenters. The zero-order valence-corrected chi connectivity index (χ0v) is 8.40. The molecule has 0 aromatic rings. The minimum atomic E-state index is -0.556. The van der Waals surface area contributed by atoms with E-state index in [9.17, 15) is 4.21 Å². The third-order valence-corrected chi connectivity index (χ3v) is 5.10. The summed E-state index contributed by atoms with van der Waals surface area (Å²) in [5.41, 5.74) is 0. The van der Waals surface area contributed by atoms with E-state index in [1.54, 1.807) is 0 Å². The van der Waals surface area contributed by atoms with E-state index in [1.807, 2.05) is 0 Å². The average Bonchev–Trinajstić information content (AvgIpc) is 2.43. The molecular formula is C9H17NOS. The van der Waals surface area contributed by atoms with Crippen LogP contribution < -0.4 is 5.32 Å². The molecule has 0 amide bonds. The van der Waals surface area contributed by atoms with Gasteiger partial charge in [0.05, 0.1) is 5.25 Å². The topological polar surface area (TPSA) is 29.1 Å². The molecule has 1 N–H and O–H groups in total. The van der Waals surface area contributed by atoms with Crippen molar-refractivity contribution in [1.82, 2.24) is 5.32 Å². The Morgan fingerprint density at radius 3 is 3.08 bits per heavy atom. The molecule has 70 valence electrons. The first-order valence-corrected chi connectivity index (χ1v) is 6.26. The maximum Gasteiger partial charge on any atom is 0.0501 e. The molecule has 0 aromatic heterocycles. The van der Waals surface area contributed by atoms with Crippen LogP contribution in [0.2, 0.25) is 0 Å². The largest absolute Gasteiger partial charge is 0.312 e. The van der Waals surface area contributed by atoms with Crippen LogP contribution in [0.1, 0.15) is 26.2 Å². The zero-order chi connectivity index (χ0) is 8.55. The molecular weight excluding hydrogens is 170 g/mol. The highest BCUT2D eigenvalue weighted by Gasteiger charge is 2.34. The maximum absolute atomic E-state index is 11.8. The second-order valence-corrected chi connectivity index (χ2v) is 5.84. The lowest BCUT2D eigenvalue weighted by molar-refractivity contribution is 0.490. The molecule has 1 heterocycles. The quantitative estimate of drug-likeness (QED) is 0.610. The Morgan fingerprint density at radius 1 is 1.42 bits per heavy atom. The fourth-order valence-electron chi connectivity index (χ4n) is 2.29. The van der Waals surface area contributed by atoms with Crippen LogP contribution in [0, 0.1) is 5.92 Å². The van der Waals surface area contributed by atoms with Gasteiger partial charge in [0.1, 0.15) is 0 Å². The van der Waals surface area contributed by atoms with Gasteiger partial charge >= 0.3 is 0 Å². The second-order valence-electron chi connectivity index (χ2n) is 4.14. The lowest BCUT2D eigenvalue weighted by atomic mass is 10.2. The van der Waals surface area contributed by atoms with Crippen LogP contribution in [0.5, 0.6) is 0 Å². The van der Waals surface area contributed by atoms with Crippen molar-refractivity contribution < 1.29 is 4.21 Å². The third kappa shape index (κ3) is 1.57. The minimum absolute atomic E-state index is 0.468. The summed E-state index contributed by atoms with van der Waals surface area (Å²) in [5.74, 6) is 1.50. The van der Waals surface area contributed by atoms with E-state index in [-0.39, 0.29) is 0 Å². The van der Waals surface area contributed by atoms with Crippen molar-refractivity contribution in [2.45, 2.75) is 37.5 Å². The van der Waals surface area contributed by atoms with E-state index in [2.05, 4.69) is 12.2 Å². The predicted molar refractivity (Wildman–Crippen MR) is 51.6 cm³/mol. The van der Waals surface area contributed by atoms with Crippen molar-refractivity contribution in [3.63, 3.8) is 0 Å². The molecule has 3 heteroatoms. The van der Waals surface area contributed by atoms with Crippen LogP contribution in [0.15, 0.2) is 0 Å². The fourth-order valence-corrected chi connectivity index (χ4v) is 4.24. The van der Waals surface area contributed by atoms with Gasteiger partial charge in [-0.3, -0.25) is 4.21 Å². The molecule has 2 fully saturated rings. The molecule has 4 unspecified atom stereocenters. The van der Waals surface area contributed by atoms with Crippen LogP contribution in [0.25, 0.3) is 0 Å². The molecule has 1 saturated carbocycles. The summed E-state index contributed by atoms with van der Waals surface area (Å²) >= 11 is 0. The molecule has 2 rings (SSSR count). The molecule has 1 aliphatic carbocycles. The Labute approximate surface area is 76.6 Å². The minimum Gasteiger partial charge on any atom is -0.312 e. The van der Waals surface area contributed by atoms with Crippen LogP contribution >= 0.6 is 0 Å². The monoisotopic (exact) mass is 187 g/mol. The Balaban J connectivity index is 2.09. The number of rotatable bonds is 0. The Bertz CT molecular complexity index is 195. The Morgan fingerprint density at radius 2 is 2.25 bits per heavy atom. The standard InChI is InChI=1S/C9H17NOS/c1-7-5-10-8-3-2-4-9(8)12(11)6-7/h7-10H,2-6H2,1H3. The molecule has 1 saturated heterocycles. The molecule has 0 radical (unpaired) electrons. The van der Waals surface area contributed by atoms with Gasteiger partial charge in [-0.15, -0.1) is 0 Å². The Hall–Kier alpha value is 0.110. The van der Waals surface area contributed by atoms with E-state index in [1.165, 1.54) is 19.3 Å². The summed E-state index contributed by atoms with van der Waals surface area (Å²) in [6, 6.07) is 0.566. The first-order valence-electron chi connectivity index (χ1n) is 4.88. The van der Waals surface area contributed by atoms with Gasteiger partial charge in [-0.25, -0.2) is 0 Å². The van der Waals surface area contributed by atoms with Crippen LogP contribution in [-0.4, -0.2) is 27.8 Å². The first kappa shape index (κ1) is 8.70. The van der Waals surface area contributed by atoms with Crippen molar-refractivity contribution in [3.8, 4) is 0 Å². The van der Waals surface area contributed by atoms with Gasteiger partial charge in [0.25, 0.3) is 0 Å². The van der Waals surface area contributed by atoms with E-state index in [0.717, 1.165) is 12.3 Å². The highest BCUT2D eigenvalue weighted by molar-refractivity contribution is 7.85. The van der Waals surface area contributed by atoms with Crippen LogP contribution in [0.4, 0.5) is 0 Å². The zero-order valence-electron chi connectivity index (χ0n) is 7.58. The molecule has 0 spiro atoms. The SMILES string of the molecule is CC1CNC2CCCC2S(=O)C1. The number of hydrogen-bond donors (Lipinski definition) is 1. The predicted octanol–water partition coefficient (Wildman–Crippen LogP) is 0.896. The van der Waals surface area contributed by atoms with Gasteiger partial charge < -0.3 is 5.32 Å². The normalized spacial score (nSPS) is 48.4. The average molecular weight is 187 g/mol. The summed E-state index contributed by atoms with van der Waals surface area (Å²) < 4.78 is 11.8. The maximum atomic E-state index is 11.8. The van der Waals surface area contributed by atoms with Gasteiger partial charge in [-0.2, -0.15) is 0 Å².